The molecule has 0 fully saturated rings. The fourth-order valence-electron chi connectivity index (χ4n) is 1.47. The molecule has 1 aromatic rings. The second-order valence-corrected chi connectivity index (χ2v) is 4.97. The van der Waals surface area contributed by atoms with Crippen molar-refractivity contribution < 1.29 is 9.53 Å². The van der Waals surface area contributed by atoms with E-state index in [2.05, 4.69) is 26.6 Å². The van der Waals surface area contributed by atoms with E-state index in [0.29, 0.717) is 19.7 Å². The molecule has 1 amide bonds. The van der Waals surface area contributed by atoms with E-state index >= 15 is 0 Å². The smallest absolute Gasteiger partial charge is 0.224 e. The summed E-state index contributed by atoms with van der Waals surface area (Å²) in [6, 6.07) is 7.63. The normalized spacial score (nSPS) is 11.9. The quantitative estimate of drug-likeness (QED) is 0.755. The summed E-state index contributed by atoms with van der Waals surface area (Å²) < 4.78 is 6.49. The zero-order valence-electron chi connectivity index (χ0n) is 10.7. The van der Waals surface area contributed by atoms with Crippen LogP contribution in [-0.4, -0.2) is 32.7 Å². The average Bonchev–Trinajstić information content (AvgIpc) is 2.35. The first-order chi connectivity index (χ1) is 8.63. The number of ether oxygens (including phenoxy) is 1. The van der Waals surface area contributed by atoms with Crippen molar-refractivity contribution in [3.63, 3.8) is 0 Å². The maximum Gasteiger partial charge on any atom is 0.224 e. The van der Waals surface area contributed by atoms with E-state index in [-0.39, 0.29) is 11.8 Å². The number of hydrogen-bond acceptors (Lipinski definition) is 3. The summed E-state index contributed by atoms with van der Waals surface area (Å²) in [4.78, 5) is 11.6. The molecule has 0 saturated heterocycles. The number of hydrogen-bond donors (Lipinski definition) is 2. The maximum atomic E-state index is 11.6. The summed E-state index contributed by atoms with van der Waals surface area (Å²) in [6.45, 7) is 3.55. The molecule has 0 aliphatic rings. The monoisotopic (exact) mass is 314 g/mol. The highest BCUT2D eigenvalue weighted by Gasteiger charge is 2.10. The van der Waals surface area contributed by atoms with Gasteiger partial charge in [-0.2, -0.15) is 0 Å². The van der Waals surface area contributed by atoms with E-state index in [9.17, 15) is 4.79 Å². The van der Waals surface area contributed by atoms with Crippen LogP contribution in [0.4, 0.5) is 0 Å². The van der Waals surface area contributed by atoms with E-state index in [4.69, 9.17) is 4.74 Å². The Kier molecular flexibility index (Phi) is 6.75. The average molecular weight is 315 g/mol. The van der Waals surface area contributed by atoms with Crippen LogP contribution in [-0.2, 0) is 4.79 Å². The molecule has 0 heterocycles. The molecule has 1 rings (SSSR count). The highest BCUT2D eigenvalue weighted by molar-refractivity contribution is 9.10. The molecule has 2 N–H and O–H groups in total. The Morgan fingerprint density at radius 2 is 2.28 bits per heavy atom. The zero-order valence-corrected chi connectivity index (χ0v) is 12.3. The van der Waals surface area contributed by atoms with Gasteiger partial charge in [0.1, 0.15) is 12.4 Å². The van der Waals surface area contributed by atoms with Crippen molar-refractivity contribution >= 4 is 21.8 Å². The number of nitrogens with one attached hydrogen (secondary N) is 2. The van der Waals surface area contributed by atoms with Crippen LogP contribution in [0.5, 0.6) is 5.75 Å². The molecule has 100 valence electrons. The predicted octanol–water partition coefficient (Wildman–Crippen LogP) is 1.80. The minimum atomic E-state index is -0.0270. The van der Waals surface area contributed by atoms with E-state index in [1.165, 1.54) is 0 Å². The number of carbonyl (C=O) groups is 1. The molecule has 1 atom stereocenters. The van der Waals surface area contributed by atoms with Gasteiger partial charge >= 0.3 is 0 Å². The van der Waals surface area contributed by atoms with E-state index < -0.39 is 0 Å². The Labute approximate surface area is 116 Å². The molecule has 1 unspecified atom stereocenters. The molecular weight excluding hydrogens is 296 g/mol. The lowest BCUT2D eigenvalue weighted by Gasteiger charge is -2.12. The molecule has 1 aromatic carbocycles. The van der Waals surface area contributed by atoms with Crippen molar-refractivity contribution in [2.24, 2.45) is 5.92 Å². The molecule has 0 radical (unpaired) electrons. The Morgan fingerprint density at radius 3 is 2.94 bits per heavy atom. The van der Waals surface area contributed by atoms with Gasteiger partial charge in [-0.25, -0.2) is 0 Å². The van der Waals surface area contributed by atoms with Crippen molar-refractivity contribution in [1.82, 2.24) is 10.6 Å². The molecule has 5 heteroatoms. The van der Waals surface area contributed by atoms with E-state index in [0.717, 1.165) is 10.2 Å². The zero-order chi connectivity index (χ0) is 13.4. The van der Waals surface area contributed by atoms with Crippen molar-refractivity contribution in [2.75, 3.05) is 26.7 Å². The van der Waals surface area contributed by atoms with Crippen molar-refractivity contribution in [1.29, 1.82) is 0 Å². The lowest BCUT2D eigenvalue weighted by molar-refractivity contribution is -0.124. The van der Waals surface area contributed by atoms with Crippen LogP contribution in [0.1, 0.15) is 6.92 Å². The standard InChI is InChI=1S/C13H19BrN2O2/c1-10(9-15-2)13(17)16-6-7-18-12-5-3-4-11(14)8-12/h3-5,8,10,15H,6-7,9H2,1-2H3,(H,16,17). The van der Waals surface area contributed by atoms with Gasteiger partial charge in [0.2, 0.25) is 5.91 Å². The summed E-state index contributed by atoms with van der Waals surface area (Å²) in [6.07, 6.45) is 0. The highest BCUT2D eigenvalue weighted by Crippen LogP contribution is 2.17. The molecular formula is C13H19BrN2O2. The van der Waals surface area contributed by atoms with Crippen molar-refractivity contribution in [3.8, 4) is 5.75 Å². The van der Waals surface area contributed by atoms with Gasteiger partial charge in [-0.05, 0) is 25.2 Å². The molecule has 0 saturated carbocycles. The van der Waals surface area contributed by atoms with Crippen LogP contribution in [0.25, 0.3) is 0 Å². The lowest BCUT2D eigenvalue weighted by atomic mass is 10.1. The fourth-order valence-corrected chi connectivity index (χ4v) is 1.85. The summed E-state index contributed by atoms with van der Waals surface area (Å²) >= 11 is 3.37. The summed E-state index contributed by atoms with van der Waals surface area (Å²) in [7, 11) is 1.83. The number of benzene rings is 1. The van der Waals surface area contributed by atoms with Crippen LogP contribution in [0.15, 0.2) is 28.7 Å². The third-order valence-electron chi connectivity index (χ3n) is 2.42. The number of amides is 1. The highest BCUT2D eigenvalue weighted by atomic mass is 79.9. The molecule has 4 nitrogen and oxygen atoms in total. The summed E-state index contributed by atoms with van der Waals surface area (Å²) in [5.41, 5.74) is 0. The van der Waals surface area contributed by atoms with Gasteiger partial charge in [-0.3, -0.25) is 4.79 Å². The van der Waals surface area contributed by atoms with Gasteiger partial charge < -0.3 is 15.4 Å². The molecule has 0 spiro atoms. The van der Waals surface area contributed by atoms with Gasteiger partial charge in [-0.1, -0.05) is 28.9 Å². The first kappa shape index (κ1) is 15.0. The van der Waals surface area contributed by atoms with Crippen LogP contribution in [0.2, 0.25) is 0 Å². The second-order valence-electron chi connectivity index (χ2n) is 4.06. The second kappa shape index (κ2) is 8.11. The van der Waals surface area contributed by atoms with Gasteiger partial charge in [0.25, 0.3) is 0 Å². The van der Waals surface area contributed by atoms with Crippen LogP contribution >= 0.6 is 15.9 Å². The first-order valence-electron chi connectivity index (χ1n) is 5.94. The molecule has 0 aliphatic carbocycles. The Bertz CT molecular complexity index is 385. The number of rotatable bonds is 7. The van der Waals surface area contributed by atoms with Gasteiger partial charge in [-0.15, -0.1) is 0 Å². The van der Waals surface area contributed by atoms with Gasteiger partial charge in [0, 0.05) is 16.9 Å². The fraction of sp³-hybridized carbons (Fsp3) is 0.462. The molecule has 0 bridgehead atoms. The van der Waals surface area contributed by atoms with Gasteiger partial charge in [0.15, 0.2) is 0 Å². The Balaban J connectivity index is 2.21. The predicted molar refractivity (Wildman–Crippen MR) is 75.7 cm³/mol. The largest absolute Gasteiger partial charge is 0.492 e. The minimum Gasteiger partial charge on any atom is -0.492 e. The van der Waals surface area contributed by atoms with E-state index in [1.807, 2.05) is 38.2 Å². The van der Waals surface area contributed by atoms with Crippen LogP contribution in [0.3, 0.4) is 0 Å². The topological polar surface area (TPSA) is 50.4 Å². The lowest BCUT2D eigenvalue weighted by Crippen LogP contribution is -2.36. The third-order valence-corrected chi connectivity index (χ3v) is 2.92. The van der Waals surface area contributed by atoms with Crippen molar-refractivity contribution in [2.45, 2.75) is 6.92 Å². The summed E-state index contributed by atoms with van der Waals surface area (Å²) in [5.74, 6) is 0.810. The Morgan fingerprint density at radius 1 is 1.50 bits per heavy atom. The van der Waals surface area contributed by atoms with Crippen LogP contribution < -0.4 is 15.4 Å². The van der Waals surface area contributed by atoms with Crippen LogP contribution in [0, 0.1) is 5.92 Å². The molecule has 0 aromatic heterocycles. The first-order valence-corrected chi connectivity index (χ1v) is 6.73. The van der Waals surface area contributed by atoms with Crippen molar-refractivity contribution in [3.05, 3.63) is 28.7 Å². The number of carbonyl (C=O) groups excluding carboxylic acids is 1. The summed E-state index contributed by atoms with van der Waals surface area (Å²) in [5, 5.41) is 5.81. The third kappa shape index (κ3) is 5.51. The van der Waals surface area contributed by atoms with E-state index in [1.54, 1.807) is 0 Å². The number of halogens is 1. The molecule has 18 heavy (non-hydrogen) atoms. The minimum absolute atomic E-state index is 0.0270. The Hall–Kier alpha value is -1.07. The molecule has 0 aliphatic heterocycles. The van der Waals surface area contributed by atoms with Gasteiger partial charge in [0.05, 0.1) is 6.54 Å². The maximum absolute atomic E-state index is 11.6. The SMILES string of the molecule is CNCC(C)C(=O)NCCOc1cccc(Br)c1.